The van der Waals surface area contributed by atoms with Crippen molar-refractivity contribution in [3.63, 3.8) is 0 Å². The Morgan fingerprint density at radius 1 is 1.17 bits per heavy atom. The van der Waals surface area contributed by atoms with Gasteiger partial charge in [0.05, 0.1) is 24.2 Å². The Hall–Kier alpha value is -2.43. The van der Waals surface area contributed by atoms with Crippen molar-refractivity contribution in [1.29, 1.82) is 0 Å². The molecular formula is C25H33NO4. The van der Waals surface area contributed by atoms with Gasteiger partial charge in [0.15, 0.2) is 0 Å². The average Bonchev–Trinajstić information content (AvgIpc) is 2.70. The number of allylic oxidation sites excluding steroid dienone is 1. The first-order valence-corrected chi connectivity index (χ1v) is 11.2. The predicted molar refractivity (Wildman–Crippen MR) is 118 cm³/mol. The Bertz CT molecular complexity index is 852. The number of carbonyl (C=O) groups is 2. The Labute approximate surface area is 179 Å². The molecule has 5 nitrogen and oxygen atoms in total. The summed E-state index contributed by atoms with van der Waals surface area (Å²) in [6.07, 6.45) is 5.02. The number of benzene rings is 1. The van der Waals surface area contributed by atoms with Crippen LogP contribution in [-0.2, 0) is 14.3 Å². The number of unbranched alkanes of at least 4 members (excludes halogenated alkanes) is 2. The number of para-hydroxylation sites is 1. The second-order valence-electron chi connectivity index (χ2n) is 8.42. The van der Waals surface area contributed by atoms with E-state index in [-0.39, 0.29) is 17.9 Å². The van der Waals surface area contributed by atoms with Crippen molar-refractivity contribution in [2.24, 2.45) is 10.9 Å². The third kappa shape index (κ3) is 4.82. The number of aliphatic imine (C=N–C) groups is 1. The van der Waals surface area contributed by atoms with E-state index in [2.05, 4.69) is 6.92 Å². The van der Waals surface area contributed by atoms with E-state index in [0.717, 1.165) is 43.4 Å². The van der Waals surface area contributed by atoms with Gasteiger partial charge in [-0.25, -0.2) is 4.79 Å². The second kappa shape index (κ2) is 10.1. The molecule has 2 atom stereocenters. The van der Waals surface area contributed by atoms with Crippen LogP contribution in [0.1, 0.15) is 77.7 Å². The van der Waals surface area contributed by atoms with Crippen LogP contribution in [0.15, 0.2) is 40.5 Å². The first kappa shape index (κ1) is 22.3. The lowest BCUT2D eigenvalue weighted by atomic mass is 9.69. The molecule has 0 radical (unpaired) electrons. The van der Waals surface area contributed by atoms with Crippen molar-refractivity contribution >= 4 is 17.5 Å². The molecule has 162 valence electrons. The number of carbonyl (C=O) groups excluding carboxylic acids is 2. The lowest BCUT2D eigenvalue weighted by Crippen LogP contribution is -2.39. The molecule has 1 aromatic rings. The summed E-state index contributed by atoms with van der Waals surface area (Å²) >= 11 is 0. The highest BCUT2D eigenvalue weighted by Crippen LogP contribution is 2.45. The monoisotopic (exact) mass is 411 g/mol. The van der Waals surface area contributed by atoms with Gasteiger partial charge in [0.25, 0.3) is 0 Å². The van der Waals surface area contributed by atoms with Gasteiger partial charge in [0, 0.05) is 29.3 Å². The van der Waals surface area contributed by atoms with Gasteiger partial charge in [-0.15, -0.1) is 0 Å². The Kier molecular flexibility index (Phi) is 7.46. The van der Waals surface area contributed by atoms with E-state index in [1.807, 2.05) is 45.0 Å². The number of hydrogen-bond donors (Lipinski definition) is 0. The van der Waals surface area contributed by atoms with Crippen LogP contribution in [0.25, 0.3) is 0 Å². The van der Waals surface area contributed by atoms with Gasteiger partial charge in [-0.2, -0.15) is 0 Å². The van der Waals surface area contributed by atoms with Crippen LogP contribution in [0.2, 0.25) is 0 Å². The fourth-order valence-corrected chi connectivity index (χ4v) is 4.41. The van der Waals surface area contributed by atoms with Crippen molar-refractivity contribution in [3.8, 4) is 5.75 Å². The quantitative estimate of drug-likeness (QED) is 0.425. The summed E-state index contributed by atoms with van der Waals surface area (Å²) in [5.74, 6) is -0.347. The number of rotatable bonds is 8. The molecule has 0 saturated heterocycles. The maximum Gasteiger partial charge on any atom is 0.336 e. The van der Waals surface area contributed by atoms with Crippen LogP contribution < -0.4 is 4.74 Å². The number of ether oxygens (including phenoxy) is 2. The molecule has 0 bridgehead atoms. The minimum atomic E-state index is -0.419. The molecule has 0 spiro atoms. The van der Waals surface area contributed by atoms with Gasteiger partial charge in [-0.1, -0.05) is 38.0 Å². The van der Waals surface area contributed by atoms with Crippen molar-refractivity contribution in [2.75, 3.05) is 6.61 Å². The number of Topliss-reactive ketones (excluding diaryl/α,β-unsaturated/α-hetero) is 1. The van der Waals surface area contributed by atoms with E-state index in [0.29, 0.717) is 30.0 Å². The Morgan fingerprint density at radius 2 is 1.93 bits per heavy atom. The van der Waals surface area contributed by atoms with Crippen molar-refractivity contribution < 1.29 is 19.1 Å². The average molecular weight is 412 g/mol. The van der Waals surface area contributed by atoms with E-state index < -0.39 is 11.8 Å². The first-order valence-electron chi connectivity index (χ1n) is 11.2. The molecule has 1 heterocycles. The number of fused-ring (bicyclic) bond motifs is 1. The fourth-order valence-electron chi connectivity index (χ4n) is 4.41. The molecule has 0 N–H and O–H groups in total. The fraction of sp³-hybridized carbons (Fsp3) is 0.560. The van der Waals surface area contributed by atoms with Gasteiger partial charge >= 0.3 is 5.97 Å². The summed E-state index contributed by atoms with van der Waals surface area (Å²) < 4.78 is 11.7. The molecule has 0 unspecified atom stereocenters. The van der Waals surface area contributed by atoms with Gasteiger partial charge in [0.2, 0.25) is 0 Å². The summed E-state index contributed by atoms with van der Waals surface area (Å²) in [5, 5.41) is 0. The third-order valence-corrected chi connectivity index (χ3v) is 5.73. The zero-order chi connectivity index (χ0) is 21.7. The summed E-state index contributed by atoms with van der Waals surface area (Å²) in [6.45, 7) is 8.29. The van der Waals surface area contributed by atoms with Crippen LogP contribution in [0.4, 0.5) is 0 Å². The van der Waals surface area contributed by atoms with E-state index >= 15 is 0 Å². The molecule has 1 saturated carbocycles. The van der Waals surface area contributed by atoms with Gasteiger partial charge in [0.1, 0.15) is 11.5 Å². The standard InChI is InChI=1S/C25H33NO4/c1-5-6-9-15-29-25(28)22-17(4)26-19-12-10-13-20(27)24(19)23(22)18-11-7-8-14-21(18)30-16(2)3/h7-8,11,14,16,23-24H,5-6,9-10,12-13,15H2,1-4H3/t23-,24+/m0/s1. The van der Waals surface area contributed by atoms with Crippen LogP contribution >= 0.6 is 0 Å². The van der Waals surface area contributed by atoms with E-state index in [9.17, 15) is 9.59 Å². The SMILES string of the molecule is CCCCCOC(=O)C1=C(C)N=C2CCCC(=O)[C@@H]2[C@H]1c1ccccc1OC(C)C. The van der Waals surface area contributed by atoms with Crippen molar-refractivity contribution in [1.82, 2.24) is 0 Å². The Balaban J connectivity index is 2.04. The van der Waals surface area contributed by atoms with Crippen LogP contribution in [-0.4, -0.2) is 30.2 Å². The first-order chi connectivity index (χ1) is 14.4. The number of ketones is 1. The lowest BCUT2D eigenvalue weighted by molar-refractivity contribution is -0.139. The van der Waals surface area contributed by atoms with E-state index in [1.54, 1.807) is 0 Å². The minimum absolute atomic E-state index is 0.0144. The molecule has 2 aliphatic rings. The highest BCUT2D eigenvalue weighted by molar-refractivity contribution is 6.11. The largest absolute Gasteiger partial charge is 0.491 e. The molecule has 1 aliphatic heterocycles. The van der Waals surface area contributed by atoms with Gasteiger partial charge < -0.3 is 9.47 Å². The highest BCUT2D eigenvalue weighted by atomic mass is 16.5. The van der Waals surface area contributed by atoms with Crippen LogP contribution in [0.5, 0.6) is 5.75 Å². The maximum atomic E-state index is 13.2. The van der Waals surface area contributed by atoms with E-state index in [1.165, 1.54) is 0 Å². The summed E-state index contributed by atoms with van der Waals surface area (Å²) in [4.78, 5) is 30.9. The van der Waals surface area contributed by atoms with Gasteiger partial charge in [-0.05, 0) is 46.1 Å². The molecule has 0 aromatic heterocycles. The summed E-state index contributed by atoms with van der Waals surface area (Å²) in [6, 6.07) is 7.72. The highest BCUT2D eigenvalue weighted by Gasteiger charge is 2.44. The van der Waals surface area contributed by atoms with E-state index in [4.69, 9.17) is 14.5 Å². The predicted octanol–water partition coefficient (Wildman–Crippen LogP) is 5.39. The van der Waals surface area contributed by atoms with Crippen LogP contribution in [0, 0.1) is 5.92 Å². The van der Waals surface area contributed by atoms with Crippen LogP contribution in [0.3, 0.4) is 0 Å². The number of hydrogen-bond acceptors (Lipinski definition) is 5. The molecule has 1 fully saturated rings. The third-order valence-electron chi connectivity index (χ3n) is 5.73. The molecule has 0 amide bonds. The topological polar surface area (TPSA) is 65.0 Å². The summed E-state index contributed by atoms with van der Waals surface area (Å²) in [7, 11) is 0. The number of nitrogens with zero attached hydrogens (tertiary/aromatic N) is 1. The lowest BCUT2D eigenvalue weighted by Gasteiger charge is -2.36. The number of esters is 1. The molecule has 5 heteroatoms. The molecule has 30 heavy (non-hydrogen) atoms. The summed E-state index contributed by atoms with van der Waals surface area (Å²) in [5.41, 5.74) is 2.89. The second-order valence-corrected chi connectivity index (χ2v) is 8.42. The molecular weight excluding hydrogens is 378 g/mol. The van der Waals surface area contributed by atoms with Crippen molar-refractivity contribution in [2.45, 2.75) is 78.2 Å². The van der Waals surface area contributed by atoms with Crippen molar-refractivity contribution in [3.05, 3.63) is 41.1 Å². The minimum Gasteiger partial charge on any atom is -0.491 e. The molecule has 1 aromatic carbocycles. The van der Waals surface area contributed by atoms with Gasteiger partial charge in [-0.3, -0.25) is 9.79 Å². The smallest absolute Gasteiger partial charge is 0.336 e. The maximum absolute atomic E-state index is 13.2. The molecule has 1 aliphatic carbocycles. The normalized spacial score (nSPS) is 21.4. The molecule has 3 rings (SSSR count). The zero-order valence-electron chi connectivity index (χ0n) is 18.6. The Morgan fingerprint density at radius 3 is 2.67 bits per heavy atom. The zero-order valence-corrected chi connectivity index (χ0v) is 18.6.